The number of nitrogens with one attached hydrogen (secondary N) is 2. The normalized spacial score (nSPS) is 15.9. The molecule has 4 amide bonds. The Morgan fingerprint density at radius 3 is 1.84 bits per heavy atom. The van der Waals surface area contributed by atoms with E-state index in [9.17, 15) is 38.2 Å². The van der Waals surface area contributed by atoms with Crippen LogP contribution in [0.4, 0.5) is 30.0 Å². The molecule has 2 aromatic carbocycles. The van der Waals surface area contributed by atoms with Crippen LogP contribution in [0.3, 0.4) is 0 Å². The zero-order chi connectivity index (χ0) is 49.6. The number of nitrogens with zero attached hydrogens (tertiary/aromatic N) is 9. The van der Waals surface area contributed by atoms with Crippen LogP contribution in [0, 0.1) is 11.6 Å². The van der Waals surface area contributed by atoms with Crippen LogP contribution in [0.25, 0.3) is 10.4 Å². The Morgan fingerprint density at radius 2 is 1.33 bits per heavy atom. The molecule has 0 unspecified atom stereocenters. The van der Waals surface area contributed by atoms with Gasteiger partial charge >= 0.3 is 24.0 Å². The maximum Gasteiger partial charge on any atom is 0.320 e. The smallest absolute Gasteiger partial charge is 0.320 e. The van der Waals surface area contributed by atoms with E-state index >= 15 is 0 Å². The van der Waals surface area contributed by atoms with E-state index in [1.165, 1.54) is 46.4 Å². The van der Waals surface area contributed by atoms with Gasteiger partial charge in [-0.1, -0.05) is 29.4 Å². The fourth-order valence-electron chi connectivity index (χ4n) is 9.17. The van der Waals surface area contributed by atoms with Gasteiger partial charge in [-0.05, 0) is 122 Å². The highest BCUT2D eigenvalue weighted by Gasteiger charge is 2.37. The van der Waals surface area contributed by atoms with E-state index in [0.29, 0.717) is 50.4 Å². The van der Waals surface area contributed by atoms with E-state index in [4.69, 9.17) is 25.0 Å². The Hall–Kier alpha value is -7.41. The van der Waals surface area contributed by atoms with E-state index in [-0.39, 0.29) is 44.0 Å². The summed E-state index contributed by atoms with van der Waals surface area (Å²) in [5.41, 5.74) is 13.6. The third-order valence-corrected chi connectivity index (χ3v) is 12.7. The second-order valence-electron chi connectivity index (χ2n) is 17.4. The van der Waals surface area contributed by atoms with Gasteiger partial charge in [-0.15, -0.1) is 0 Å². The number of ether oxygens (including phenoxy) is 2. The molecule has 21 heteroatoms. The number of hydrogen-bond donors (Lipinski definition) is 4. The van der Waals surface area contributed by atoms with Crippen LogP contribution in [0.15, 0.2) is 65.8 Å². The van der Waals surface area contributed by atoms with Crippen LogP contribution in [0.5, 0.6) is 11.5 Å². The maximum absolute atomic E-state index is 14.5. The molecule has 8 rings (SSSR count). The monoisotopic (exact) mass is 967 g/mol. The van der Waals surface area contributed by atoms with Gasteiger partial charge in [-0.2, -0.15) is 0 Å². The molecule has 0 saturated carbocycles. The first-order valence-electron chi connectivity index (χ1n) is 23.8. The maximum atomic E-state index is 14.5. The van der Waals surface area contributed by atoms with Crippen LogP contribution < -0.4 is 15.4 Å². The topological polar surface area (TPSA) is 239 Å². The molecule has 2 atom stereocenters. The summed E-state index contributed by atoms with van der Waals surface area (Å²) in [5, 5.41) is 28.9. The van der Waals surface area contributed by atoms with Crippen molar-refractivity contribution >= 4 is 35.6 Å². The lowest BCUT2D eigenvalue weighted by molar-refractivity contribution is -0.144. The minimum atomic E-state index is -1.09. The summed E-state index contributed by atoms with van der Waals surface area (Å²) in [6.07, 6.45) is 6.83. The molecule has 0 aliphatic carbocycles. The van der Waals surface area contributed by atoms with Crippen LogP contribution >= 0.6 is 0 Å². The fraction of sp³-hybridized carbons (Fsp3) is 0.469. The van der Waals surface area contributed by atoms with Gasteiger partial charge in [-0.3, -0.25) is 9.59 Å². The summed E-state index contributed by atoms with van der Waals surface area (Å²) in [4.78, 5) is 68.5. The Bertz CT molecular complexity index is 2560. The van der Waals surface area contributed by atoms with Gasteiger partial charge < -0.3 is 49.9 Å². The summed E-state index contributed by atoms with van der Waals surface area (Å²) < 4.78 is 38.7. The SMILES string of the molecule is CCOC(=O)C[C@@H](c1ccc(O)c(F)c1)N1CCN(CCCc2ccc3c(n2)NCCC3)C1=O.[N-]=[N+]=NCOc1ccc([C@H](CC(=O)O)N2CCN(CCCc3ccc4c(n3)NCCC4)C2=O)cc1F. The van der Waals surface area contributed by atoms with Crippen molar-refractivity contribution in [2.75, 3.05) is 76.3 Å². The molecule has 2 fully saturated rings. The number of rotatable bonds is 20. The van der Waals surface area contributed by atoms with Gasteiger partial charge in [0.25, 0.3) is 0 Å². The van der Waals surface area contributed by atoms with E-state index in [1.807, 2.05) is 6.07 Å². The highest BCUT2D eigenvalue weighted by Crippen LogP contribution is 2.33. The Morgan fingerprint density at radius 1 is 0.786 bits per heavy atom. The van der Waals surface area contributed by atoms with Crippen molar-refractivity contribution in [3.8, 4) is 11.5 Å². The Balaban J connectivity index is 0.000000207. The first-order chi connectivity index (χ1) is 33.9. The second kappa shape index (κ2) is 24.2. The molecule has 2 aromatic heterocycles. The molecule has 372 valence electrons. The minimum absolute atomic E-state index is 0.0797. The van der Waals surface area contributed by atoms with Gasteiger partial charge in [0.1, 0.15) is 11.6 Å². The lowest BCUT2D eigenvalue weighted by Crippen LogP contribution is -2.36. The highest BCUT2D eigenvalue weighted by atomic mass is 19.1. The van der Waals surface area contributed by atoms with Crippen molar-refractivity contribution in [3.05, 3.63) is 116 Å². The van der Waals surface area contributed by atoms with Gasteiger partial charge in [0.05, 0.1) is 31.5 Å². The van der Waals surface area contributed by atoms with Crippen LogP contribution in [0.1, 0.15) is 91.2 Å². The number of anilines is 2. The van der Waals surface area contributed by atoms with Crippen LogP contribution in [0.2, 0.25) is 0 Å². The van der Waals surface area contributed by atoms with Gasteiger partial charge in [0, 0.05) is 68.7 Å². The number of halogens is 2. The number of hydrogen-bond acceptors (Lipinski definition) is 12. The second-order valence-corrected chi connectivity index (χ2v) is 17.4. The number of phenols is 1. The molecule has 0 spiro atoms. The molecule has 6 heterocycles. The predicted octanol–water partition coefficient (Wildman–Crippen LogP) is 7.76. The number of azide groups is 1. The molecule has 70 heavy (non-hydrogen) atoms. The average molecular weight is 968 g/mol. The van der Waals surface area contributed by atoms with Crippen molar-refractivity contribution in [2.45, 2.75) is 83.2 Å². The molecule has 4 aliphatic rings. The summed E-state index contributed by atoms with van der Waals surface area (Å²) in [6, 6.07) is 14.3. The summed E-state index contributed by atoms with van der Waals surface area (Å²) in [6.45, 7) is 6.27. The van der Waals surface area contributed by atoms with Crippen molar-refractivity contribution in [1.29, 1.82) is 0 Å². The molecule has 19 nitrogen and oxygen atoms in total. The number of benzene rings is 2. The lowest BCUT2D eigenvalue weighted by Gasteiger charge is -2.28. The number of fused-ring (bicyclic) bond motifs is 2. The number of amides is 4. The van der Waals surface area contributed by atoms with Crippen molar-refractivity contribution in [2.24, 2.45) is 5.11 Å². The number of aromatic hydroxyl groups is 1. The van der Waals surface area contributed by atoms with Crippen molar-refractivity contribution < 1.29 is 47.6 Å². The predicted molar refractivity (Wildman–Crippen MR) is 254 cm³/mol. The van der Waals surface area contributed by atoms with Crippen molar-refractivity contribution in [3.63, 3.8) is 0 Å². The standard InChI is InChI=1S/C25H31FN4O4.C24H28FN7O4/c1-2-34-23(32)16-21(18-8-10-22(31)20(26)15-18)30-14-13-29(25(30)33)12-4-6-19-9-7-17-5-3-11-27-24(17)28-19;25-19-13-17(6-8-21(19)36-15-28-30-26)20(14-22(33)34)32-12-11-31(24(32)35)10-2-4-18-7-5-16-3-1-9-27-23(16)29-18/h7-10,15,21,31H,2-6,11-14,16H2,1H3,(H,27,28);5-8,13,20H,1-4,9-12,14-15H2,(H,27,29)(H,33,34)/t21-;20-/m00/s1. The van der Waals surface area contributed by atoms with E-state index in [2.05, 4.69) is 38.9 Å². The third-order valence-electron chi connectivity index (χ3n) is 12.7. The summed E-state index contributed by atoms with van der Waals surface area (Å²) in [7, 11) is 0. The zero-order valence-corrected chi connectivity index (χ0v) is 39.2. The van der Waals surface area contributed by atoms with Crippen LogP contribution in [-0.2, 0) is 40.0 Å². The fourth-order valence-corrected chi connectivity index (χ4v) is 9.17. The molecule has 0 bridgehead atoms. The first kappa shape index (κ1) is 50.5. The number of urea groups is 2. The molecular weight excluding hydrogens is 909 g/mol. The molecule has 4 N–H and O–H groups in total. The minimum Gasteiger partial charge on any atom is -0.505 e. The number of aromatic nitrogens is 2. The lowest BCUT2D eigenvalue weighted by atomic mass is 10.0. The number of carbonyl (C=O) groups excluding carboxylic acids is 3. The molecular formula is C49H59F2N11O8. The molecule has 2 saturated heterocycles. The molecule has 0 radical (unpaired) electrons. The molecule has 4 aliphatic heterocycles. The number of esters is 1. The number of phenolic OH excluding ortho intramolecular Hbond substituents is 1. The van der Waals surface area contributed by atoms with E-state index < -0.39 is 41.4 Å². The van der Waals surface area contributed by atoms with Crippen LogP contribution in [-0.4, -0.2) is 129 Å². The number of carbonyl (C=O) groups is 4. The van der Waals surface area contributed by atoms with Gasteiger partial charge in [0.2, 0.25) is 0 Å². The number of aliphatic carboxylic acids is 1. The van der Waals surface area contributed by atoms with Crippen molar-refractivity contribution in [1.82, 2.24) is 29.6 Å². The number of carboxylic acids is 1. The van der Waals surface area contributed by atoms with E-state index in [1.54, 1.807) is 21.6 Å². The number of pyridine rings is 2. The number of aryl methyl sites for hydroxylation is 4. The Kier molecular flexibility index (Phi) is 17.5. The average Bonchev–Trinajstić information content (AvgIpc) is 3.91. The first-order valence-corrected chi connectivity index (χ1v) is 23.8. The summed E-state index contributed by atoms with van der Waals surface area (Å²) in [5.74, 6) is -1.76. The quantitative estimate of drug-likeness (QED) is 0.0288. The molecule has 4 aromatic rings. The van der Waals surface area contributed by atoms with Gasteiger partial charge in [-0.25, -0.2) is 28.3 Å². The van der Waals surface area contributed by atoms with E-state index in [0.717, 1.165) is 93.5 Å². The van der Waals surface area contributed by atoms with Gasteiger partial charge in [0.15, 0.2) is 29.9 Å². The largest absolute Gasteiger partial charge is 0.505 e. The number of carboxylic acid groups (broad SMARTS) is 1. The summed E-state index contributed by atoms with van der Waals surface area (Å²) >= 11 is 0. The highest BCUT2D eigenvalue weighted by molar-refractivity contribution is 5.79. The Labute approximate surface area is 404 Å². The third kappa shape index (κ3) is 13.0. The zero-order valence-electron chi connectivity index (χ0n) is 39.2.